The van der Waals surface area contributed by atoms with Crippen molar-refractivity contribution in [2.75, 3.05) is 0 Å². The summed E-state index contributed by atoms with van der Waals surface area (Å²) in [6.07, 6.45) is -4.43. The quantitative estimate of drug-likeness (QED) is 0.605. The Kier molecular flexibility index (Phi) is 5.83. The second-order valence-electron chi connectivity index (χ2n) is 5.12. The molecule has 20 heavy (non-hydrogen) atoms. The molecule has 0 aliphatic rings. The minimum atomic E-state index is -4.28. The summed E-state index contributed by atoms with van der Waals surface area (Å²) in [7, 11) is -1.74. The fourth-order valence-corrected chi connectivity index (χ4v) is 5.27. The van der Waals surface area contributed by atoms with Gasteiger partial charge in [-0.05, 0) is 42.8 Å². The van der Waals surface area contributed by atoms with Crippen molar-refractivity contribution in [3.8, 4) is 0 Å². The molecule has 0 spiro atoms. The lowest BCUT2D eigenvalue weighted by molar-refractivity contribution is -0.137. The average molecular weight is 304 g/mol. The van der Waals surface area contributed by atoms with Gasteiger partial charge in [0.1, 0.15) is 0 Å². The molecule has 0 saturated heterocycles. The molecule has 0 aromatic heterocycles. The summed E-state index contributed by atoms with van der Waals surface area (Å²) in [5.74, 6) is 0. The molecule has 0 fully saturated rings. The van der Waals surface area contributed by atoms with Gasteiger partial charge in [0.15, 0.2) is 8.32 Å². The summed E-state index contributed by atoms with van der Waals surface area (Å²) in [6.45, 7) is 8.33. The third-order valence-corrected chi connectivity index (χ3v) is 8.79. The van der Waals surface area contributed by atoms with E-state index in [9.17, 15) is 13.2 Å². The lowest BCUT2D eigenvalue weighted by atomic mass is 10.1. The van der Waals surface area contributed by atoms with E-state index in [0.717, 1.165) is 35.8 Å². The number of hydrogen-bond donors (Lipinski definition) is 0. The zero-order chi connectivity index (χ0) is 15.4. The van der Waals surface area contributed by atoms with Crippen molar-refractivity contribution in [2.24, 2.45) is 0 Å². The van der Waals surface area contributed by atoms with Gasteiger partial charge in [0, 0.05) is 0 Å². The minimum absolute atomic E-state index is 0.149. The van der Waals surface area contributed by atoms with Crippen molar-refractivity contribution in [2.45, 2.75) is 58.1 Å². The molecule has 114 valence electrons. The van der Waals surface area contributed by atoms with Gasteiger partial charge in [0.05, 0.1) is 11.7 Å². The van der Waals surface area contributed by atoms with Gasteiger partial charge >= 0.3 is 6.18 Å². The zero-order valence-corrected chi connectivity index (χ0v) is 13.6. The molecule has 1 atom stereocenters. The van der Waals surface area contributed by atoms with Gasteiger partial charge in [-0.2, -0.15) is 13.2 Å². The summed E-state index contributed by atoms with van der Waals surface area (Å²) >= 11 is 0. The van der Waals surface area contributed by atoms with Crippen LogP contribution in [0.2, 0.25) is 18.1 Å². The fourth-order valence-electron chi connectivity index (χ4n) is 2.39. The second kappa shape index (κ2) is 6.76. The Morgan fingerprint density at radius 1 is 1.00 bits per heavy atom. The molecule has 1 rings (SSSR count). The highest BCUT2D eigenvalue weighted by Gasteiger charge is 2.32. The van der Waals surface area contributed by atoms with E-state index in [4.69, 9.17) is 4.43 Å². The Morgan fingerprint density at radius 2 is 1.45 bits per heavy atom. The van der Waals surface area contributed by atoms with Crippen molar-refractivity contribution in [3.05, 3.63) is 35.4 Å². The summed E-state index contributed by atoms with van der Waals surface area (Å²) < 4.78 is 43.8. The van der Waals surface area contributed by atoms with Crippen LogP contribution in [0.25, 0.3) is 0 Å². The van der Waals surface area contributed by atoms with Crippen LogP contribution in [0, 0.1) is 0 Å². The monoisotopic (exact) mass is 304 g/mol. The Hall–Kier alpha value is -0.813. The van der Waals surface area contributed by atoms with Gasteiger partial charge < -0.3 is 4.43 Å². The van der Waals surface area contributed by atoms with Gasteiger partial charge in [0.2, 0.25) is 0 Å². The van der Waals surface area contributed by atoms with E-state index in [1.54, 1.807) is 0 Å². The van der Waals surface area contributed by atoms with Crippen molar-refractivity contribution < 1.29 is 17.6 Å². The lowest BCUT2D eigenvalue weighted by Gasteiger charge is -2.32. The van der Waals surface area contributed by atoms with Gasteiger partial charge in [-0.15, -0.1) is 0 Å². The molecule has 1 aromatic carbocycles. The predicted octanol–water partition coefficient (Wildman–Crippen LogP) is 5.79. The molecular formula is C15H23F3OSi. The molecule has 0 saturated carbocycles. The van der Waals surface area contributed by atoms with E-state index < -0.39 is 20.1 Å². The average Bonchev–Trinajstić information content (AvgIpc) is 2.44. The first-order chi connectivity index (χ1) is 9.28. The minimum Gasteiger partial charge on any atom is -0.410 e. The number of halogens is 3. The Morgan fingerprint density at radius 3 is 1.80 bits per heavy atom. The van der Waals surface area contributed by atoms with E-state index in [-0.39, 0.29) is 6.10 Å². The van der Waals surface area contributed by atoms with Crippen molar-refractivity contribution in [3.63, 3.8) is 0 Å². The molecule has 5 heteroatoms. The van der Waals surface area contributed by atoms with Crippen LogP contribution in [0.4, 0.5) is 13.2 Å². The highest BCUT2D eigenvalue weighted by molar-refractivity contribution is 6.73. The molecule has 0 radical (unpaired) electrons. The van der Waals surface area contributed by atoms with E-state index in [1.807, 2.05) is 6.92 Å². The summed E-state index contributed by atoms with van der Waals surface area (Å²) in [5, 5.41) is 0. The molecule has 1 aromatic rings. The molecule has 0 aliphatic carbocycles. The van der Waals surface area contributed by atoms with Gasteiger partial charge in [-0.3, -0.25) is 0 Å². The fraction of sp³-hybridized carbons (Fsp3) is 0.600. The second-order valence-corrected chi connectivity index (χ2v) is 9.85. The van der Waals surface area contributed by atoms with Crippen LogP contribution >= 0.6 is 0 Å². The van der Waals surface area contributed by atoms with E-state index >= 15 is 0 Å². The Labute approximate surface area is 120 Å². The van der Waals surface area contributed by atoms with E-state index in [2.05, 4.69) is 20.8 Å². The third kappa shape index (κ3) is 4.09. The maximum atomic E-state index is 12.5. The Bertz CT molecular complexity index is 402. The molecule has 0 unspecified atom stereocenters. The van der Waals surface area contributed by atoms with Crippen molar-refractivity contribution in [1.82, 2.24) is 0 Å². The summed E-state index contributed by atoms with van der Waals surface area (Å²) in [6, 6.07) is 8.40. The maximum absolute atomic E-state index is 12.5. The van der Waals surface area contributed by atoms with E-state index in [1.165, 1.54) is 12.1 Å². The summed E-state index contributed by atoms with van der Waals surface area (Å²) in [4.78, 5) is 0. The van der Waals surface area contributed by atoms with Gasteiger partial charge in [0.25, 0.3) is 0 Å². The summed E-state index contributed by atoms with van der Waals surface area (Å²) in [5.41, 5.74) is 0.198. The third-order valence-electron chi connectivity index (χ3n) is 4.07. The number of benzene rings is 1. The number of rotatable bonds is 6. The smallest absolute Gasteiger partial charge is 0.410 e. The molecule has 0 bridgehead atoms. The lowest BCUT2D eigenvalue weighted by Crippen LogP contribution is -2.36. The normalized spacial score (nSPS) is 14.3. The SMILES string of the molecule is CC[Si](CC)(CC)O[C@@H](C)c1ccc(C(F)(F)F)cc1. The standard InChI is InChI=1S/C15H23F3OSi/c1-5-20(6-2,7-3)19-12(4)13-8-10-14(11-9-13)15(16,17)18/h8-12H,5-7H2,1-4H3/t12-/m0/s1. The van der Waals surface area contributed by atoms with Gasteiger partial charge in [-0.1, -0.05) is 32.9 Å². The van der Waals surface area contributed by atoms with Crippen LogP contribution in [0.3, 0.4) is 0 Å². The molecule has 0 heterocycles. The first-order valence-corrected chi connectivity index (χ1v) is 9.66. The molecule has 0 amide bonds. The van der Waals surface area contributed by atoms with Crippen LogP contribution in [-0.2, 0) is 10.6 Å². The van der Waals surface area contributed by atoms with Crippen LogP contribution < -0.4 is 0 Å². The highest BCUT2D eigenvalue weighted by atomic mass is 28.4. The van der Waals surface area contributed by atoms with E-state index in [0.29, 0.717) is 0 Å². The van der Waals surface area contributed by atoms with Gasteiger partial charge in [-0.25, -0.2) is 0 Å². The Balaban J connectivity index is 2.85. The van der Waals surface area contributed by atoms with Crippen LogP contribution in [0.5, 0.6) is 0 Å². The predicted molar refractivity (Wildman–Crippen MR) is 78.1 cm³/mol. The molecular weight excluding hydrogens is 281 g/mol. The number of alkyl halides is 3. The molecule has 0 aliphatic heterocycles. The largest absolute Gasteiger partial charge is 0.416 e. The molecule has 1 nitrogen and oxygen atoms in total. The van der Waals surface area contributed by atoms with Crippen LogP contribution in [0.1, 0.15) is 44.9 Å². The highest BCUT2D eigenvalue weighted by Crippen LogP contribution is 2.32. The van der Waals surface area contributed by atoms with Crippen molar-refractivity contribution >= 4 is 8.32 Å². The van der Waals surface area contributed by atoms with Crippen molar-refractivity contribution in [1.29, 1.82) is 0 Å². The first-order valence-electron chi connectivity index (χ1n) is 7.13. The van der Waals surface area contributed by atoms with Crippen LogP contribution in [0.15, 0.2) is 24.3 Å². The molecule has 0 N–H and O–H groups in total. The maximum Gasteiger partial charge on any atom is 0.416 e. The first kappa shape index (κ1) is 17.2. The topological polar surface area (TPSA) is 9.23 Å². The number of hydrogen-bond acceptors (Lipinski definition) is 1. The zero-order valence-electron chi connectivity index (χ0n) is 12.6. The van der Waals surface area contributed by atoms with Crippen LogP contribution in [-0.4, -0.2) is 8.32 Å².